The molecule has 1 aliphatic carbocycles. The van der Waals surface area contributed by atoms with Crippen molar-refractivity contribution < 1.29 is 32.5 Å². The molecule has 134 valence electrons. The number of carbonyl (C=O) groups excluding carboxylic acids is 1. The normalized spacial score (nSPS) is 17.6. The second-order valence-corrected chi connectivity index (χ2v) is 7.05. The van der Waals surface area contributed by atoms with Crippen molar-refractivity contribution >= 4 is 5.97 Å². The maximum atomic E-state index is 12.6. The summed E-state index contributed by atoms with van der Waals surface area (Å²) in [4.78, 5) is 11.0. The molecule has 24 heavy (non-hydrogen) atoms. The molecule has 0 aromatic heterocycles. The van der Waals surface area contributed by atoms with E-state index in [0.29, 0.717) is 12.8 Å². The van der Waals surface area contributed by atoms with E-state index in [-0.39, 0.29) is 16.7 Å². The van der Waals surface area contributed by atoms with E-state index in [1.54, 1.807) is 0 Å². The fourth-order valence-electron chi connectivity index (χ4n) is 3.09. The Bertz CT molecular complexity index is 611. The van der Waals surface area contributed by atoms with Crippen molar-refractivity contribution in [1.82, 2.24) is 0 Å². The fraction of sp³-hybridized carbons (Fsp3) is 0.588. The molecule has 0 aliphatic heterocycles. The van der Waals surface area contributed by atoms with Crippen LogP contribution in [-0.2, 0) is 0 Å². The molecule has 1 fully saturated rings. The largest absolute Gasteiger partial charge is 0.573 e. The summed E-state index contributed by atoms with van der Waals surface area (Å²) < 4.78 is 47.8. The third-order valence-electron chi connectivity index (χ3n) is 4.49. The van der Waals surface area contributed by atoms with Gasteiger partial charge in [0, 0.05) is 11.0 Å². The number of rotatable bonds is 4. The number of benzene rings is 1. The summed E-state index contributed by atoms with van der Waals surface area (Å²) >= 11 is 0. The van der Waals surface area contributed by atoms with Gasteiger partial charge in [0.15, 0.2) is 11.5 Å². The maximum absolute atomic E-state index is 12.6. The van der Waals surface area contributed by atoms with Gasteiger partial charge in [0.2, 0.25) is 0 Å². The lowest BCUT2D eigenvalue weighted by Crippen LogP contribution is -2.46. The van der Waals surface area contributed by atoms with Crippen molar-refractivity contribution in [3.05, 3.63) is 23.8 Å². The van der Waals surface area contributed by atoms with Crippen LogP contribution in [0.3, 0.4) is 0 Å². The highest BCUT2D eigenvalue weighted by Crippen LogP contribution is 2.48. The van der Waals surface area contributed by atoms with Gasteiger partial charge in [0.05, 0.1) is 5.97 Å². The molecule has 0 amide bonds. The second-order valence-electron chi connectivity index (χ2n) is 7.05. The number of hydrogen-bond donors (Lipinski definition) is 0. The van der Waals surface area contributed by atoms with E-state index in [9.17, 15) is 23.1 Å². The van der Waals surface area contributed by atoms with Gasteiger partial charge in [-0.3, -0.25) is 0 Å². The van der Waals surface area contributed by atoms with Crippen LogP contribution in [0.5, 0.6) is 11.5 Å². The van der Waals surface area contributed by atoms with Gasteiger partial charge in [-0.2, -0.15) is 0 Å². The second kappa shape index (κ2) is 6.18. The highest BCUT2D eigenvalue weighted by atomic mass is 19.4. The monoisotopic (exact) mass is 345 g/mol. The molecule has 0 heterocycles. The summed E-state index contributed by atoms with van der Waals surface area (Å²) in [5.74, 6) is -2.27. The lowest BCUT2D eigenvalue weighted by Gasteiger charge is -2.42. The molecule has 7 heteroatoms. The molecule has 0 saturated heterocycles. The molecule has 1 aliphatic rings. The first kappa shape index (κ1) is 18.4. The molecule has 2 rings (SSSR count). The SMILES string of the molecule is CC(C)(C)C1(Oc2cc(C(=O)[O-])ccc2OC(F)(F)F)CCCC1. The van der Waals surface area contributed by atoms with Crippen molar-refractivity contribution in [2.75, 3.05) is 0 Å². The fourth-order valence-corrected chi connectivity index (χ4v) is 3.09. The number of alkyl halides is 3. The van der Waals surface area contributed by atoms with E-state index in [4.69, 9.17) is 4.74 Å². The third-order valence-corrected chi connectivity index (χ3v) is 4.49. The van der Waals surface area contributed by atoms with Crippen molar-refractivity contribution in [3.8, 4) is 11.5 Å². The van der Waals surface area contributed by atoms with Crippen LogP contribution in [0.15, 0.2) is 18.2 Å². The van der Waals surface area contributed by atoms with Crippen LogP contribution in [0, 0.1) is 5.41 Å². The summed E-state index contributed by atoms with van der Waals surface area (Å²) in [6, 6.07) is 2.98. The number of carboxylic acids is 1. The highest BCUT2D eigenvalue weighted by Gasteiger charge is 2.47. The van der Waals surface area contributed by atoms with Gasteiger partial charge in [-0.25, -0.2) is 0 Å². The molecular formula is C17H20F3O4-. The van der Waals surface area contributed by atoms with E-state index in [2.05, 4.69) is 4.74 Å². The molecule has 0 atom stereocenters. The molecule has 0 bridgehead atoms. The average Bonchev–Trinajstić information content (AvgIpc) is 2.88. The molecule has 1 aromatic carbocycles. The Morgan fingerprint density at radius 1 is 1.12 bits per heavy atom. The topological polar surface area (TPSA) is 58.6 Å². The van der Waals surface area contributed by atoms with Crippen LogP contribution in [0.25, 0.3) is 0 Å². The zero-order valence-corrected chi connectivity index (χ0v) is 13.8. The summed E-state index contributed by atoms with van der Waals surface area (Å²) in [7, 11) is 0. The molecule has 4 nitrogen and oxygen atoms in total. The first-order valence-electron chi connectivity index (χ1n) is 7.74. The summed E-state index contributed by atoms with van der Waals surface area (Å²) in [5, 5.41) is 11.0. The van der Waals surface area contributed by atoms with E-state index in [1.165, 1.54) is 0 Å². The predicted molar refractivity (Wildman–Crippen MR) is 78.7 cm³/mol. The molecule has 0 spiro atoms. The van der Waals surface area contributed by atoms with Crippen LogP contribution >= 0.6 is 0 Å². The van der Waals surface area contributed by atoms with Gasteiger partial charge in [-0.15, -0.1) is 13.2 Å². The Labute approximate surface area is 138 Å². The van der Waals surface area contributed by atoms with Crippen molar-refractivity contribution in [2.24, 2.45) is 5.41 Å². The van der Waals surface area contributed by atoms with Gasteiger partial charge in [0.1, 0.15) is 5.60 Å². The van der Waals surface area contributed by atoms with Gasteiger partial charge in [-0.05, 0) is 43.9 Å². The highest BCUT2D eigenvalue weighted by molar-refractivity contribution is 5.86. The van der Waals surface area contributed by atoms with Gasteiger partial charge in [-0.1, -0.05) is 20.8 Å². The summed E-state index contributed by atoms with van der Waals surface area (Å²) in [6.07, 6.45) is -1.75. The lowest BCUT2D eigenvalue weighted by atomic mass is 9.75. The predicted octanol–water partition coefficient (Wildman–Crippen LogP) is 3.69. The van der Waals surface area contributed by atoms with Crippen molar-refractivity contribution in [3.63, 3.8) is 0 Å². The number of aromatic carboxylic acids is 1. The zero-order chi connectivity index (χ0) is 18.2. The first-order valence-corrected chi connectivity index (χ1v) is 7.74. The summed E-state index contributed by atoms with van der Waals surface area (Å²) in [6.45, 7) is 5.85. The quantitative estimate of drug-likeness (QED) is 0.835. The maximum Gasteiger partial charge on any atom is 0.573 e. The Kier molecular flexibility index (Phi) is 4.74. The van der Waals surface area contributed by atoms with Crippen LogP contribution < -0.4 is 14.6 Å². The Balaban J connectivity index is 2.45. The van der Waals surface area contributed by atoms with Crippen LogP contribution in [0.1, 0.15) is 56.8 Å². The van der Waals surface area contributed by atoms with Crippen molar-refractivity contribution in [1.29, 1.82) is 0 Å². The minimum atomic E-state index is -4.90. The van der Waals surface area contributed by atoms with E-state index in [1.807, 2.05) is 20.8 Å². The number of hydrogen-bond acceptors (Lipinski definition) is 4. The van der Waals surface area contributed by atoms with Crippen LogP contribution in [-0.4, -0.2) is 17.9 Å². The minimum Gasteiger partial charge on any atom is -0.545 e. The minimum absolute atomic E-state index is 0.231. The number of halogens is 3. The molecule has 1 saturated carbocycles. The van der Waals surface area contributed by atoms with Crippen LogP contribution in [0.4, 0.5) is 13.2 Å². The van der Waals surface area contributed by atoms with Gasteiger partial charge >= 0.3 is 6.36 Å². The Morgan fingerprint density at radius 2 is 1.71 bits per heavy atom. The zero-order valence-electron chi connectivity index (χ0n) is 13.8. The van der Waals surface area contributed by atoms with Crippen LogP contribution in [0.2, 0.25) is 0 Å². The molecule has 0 radical (unpaired) electrons. The standard InChI is InChI=1S/C17H21F3O4/c1-15(2,3)16(8-4-5-9-16)23-13-10-11(14(21)22)6-7-12(13)24-17(18,19)20/h6-7,10H,4-5,8-9H2,1-3H3,(H,21,22)/p-1. The number of carbonyl (C=O) groups is 1. The smallest absolute Gasteiger partial charge is 0.545 e. The molecule has 0 N–H and O–H groups in total. The summed E-state index contributed by atoms with van der Waals surface area (Å²) in [5.41, 5.74) is -1.28. The van der Waals surface area contributed by atoms with Gasteiger partial charge in [0.25, 0.3) is 0 Å². The average molecular weight is 345 g/mol. The molecule has 1 aromatic rings. The van der Waals surface area contributed by atoms with Crippen molar-refractivity contribution in [2.45, 2.75) is 58.4 Å². The van der Waals surface area contributed by atoms with E-state index in [0.717, 1.165) is 31.0 Å². The van der Waals surface area contributed by atoms with E-state index >= 15 is 0 Å². The number of ether oxygens (including phenoxy) is 2. The molecular weight excluding hydrogens is 325 g/mol. The molecule has 0 unspecified atom stereocenters. The van der Waals surface area contributed by atoms with Gasteiger partial charge < -0.3 is 19.4 Å². The Morgan fingerprint density at radius 3 is 2.17 bits per heavy atom. The number of carboxylic acid groups (broad SMARTS) is 1. The van der Waals surface area contributed by atoms with E-state index < -0.39 is 23.7 Å². The first-order chi connectivity index (χ1) is 10.9. The Hall–Kier alpha value is -1.92. The third kappa shape index (κ3) is 3.94. The lowest BCUT2D eigenvalue weighted by molar-refractivity contribution is -0.275.